The first-order valence-electron chi connectivity index (χ1n) is 9.32. The second-order valence-corrected chi connectivity index (χ2v) is 7.82. The number of aromatic nitrogens is 2. The molecular weight excluding hydrogens is 471 g/mol. The number of alkyl carbamates (subject to hydrolysis) is 1. The molecule has 0 saturated heterocycles. The zero-order valence-electron chi connectivity index (χ0n) is 17.3. The van der Waals surface area contributed by atoms with E-state index in [0.717, 1.165) is 24.3 Å². The van der Waals surface area contributed by atoms with Crippen molar-refractivity contribution in [1.82, 2.24) is 15.3 Å². The minimum atomic E-state index is -5.37. The maximum absolute atomic E-state index is 14.0. The van der Waals surface area contributed by atoms with Crippen LogP contribution in [0.3, 0.4) is 0 Å². The quantitative estimate of drug-likeness (QED) is 0.355. The molecule has 1 atom stereocenters. The molecule has 0 bridgehead atoms. The molecule has 1 aromatic heterocycles. The smallest absolute Gasteiger partial charge is 0.442 e. The number of alkyl halides is 3. The lowest BCUT2D eigenvalue weighted by Gasteiger charge is -2.34. The van der Waals surface area contributed by atoms with Gasteiger partial charge in [-0.05, 0) is 44.2 Å². The van der Waals surface area contributed by atoms with Gasteiger partial charge >= 0.3 is 23.9 Å². The third kappa shape index (κ3) is 6.21. The highest BCUT2D eigenvalue weighted by atomic mass is 32.2. The molecule has 15 heteroatoms. The lowest BCUT2D eigenvalue weighted by molar-refractivity contribution is -0.205. The SMILES string of the molecule is CCOC(=O)N[C@@](Nc1ccc(S(=O)(=O)Nc2ncccn2)cc1)(C(=O)OCC)C(F)(F)F. The predicted molar refractivity (Wildman–Crippen MR) is 108 cm³/mol. The summed E-state index contributed by atoms with van der Waals surface area (Å²) in [4.78, 5) is 31.2. The van der Waals surface area contributed by atoms with Crippen LogP contribution in [0.4, 0.5) is 29.6 Å². The molecule has 33 heavy (non-hydrogen) atoms. The Morgan fingerprint density at radius 1 is 1.00 bits per heavy atom. The monoisotopic (exact) mass is 491 g/mol. The zero-order valence-corrected chi connectivity index (χ0v) is 18.2. The molecule has 0 spiro atoms. The van der Waals surface area contributed by atoms with Gasteiger partial charge in [0.2, 0.25) is 5.95 Å². The Kier molecular flexibility index (Phi) is 8.03. The number of hydrogen-bond acceptors (Lipinski definition) is 9. The third-order valence-electron chi connectivity index (χ3n) is 3.86. The van der Waals surface area contributed by atoms with Crippen molar-refractivity contribution in [1.29, 1.82) is 0 Å². The molecule has 0 unspecified atom stereocenters. The largest absolute Gasteiger partial charge is 0.463 e. The Morgan fingerprint density at radius 3 is 2.09 bits per heavy atom. The third-order valence-corrected chi connectivity index (χ3v) is 5.20. The van der Waals surface area contributed by atoms with Gasteiger partial charge in [0.1, 0.15) is 0 Å². The van der Waals surface area contributed by atoms with E-state index in [1.165, 1.54) is 37.6 Å². The van der Waals surface area contributed by atoms with Gasteiger partial charge in [0.15, 0.2) is 0 Å². The highest BCUT2D eigenvalue weighted by Gasteiger charge is 2.64. The molecule has 1 amide bonds. The van der Waals surface area contributed by atoms with Crippen LogP contribution in [0, 0.1) is 0 Å². The van der Waals surface area contributed by atoms with E-state index in [1.54, 1.807) is 0 Å². The van der Waals surface area contributed by atoms with Gasteiger partial charge in [-0.3, -0.25) is 5.32 Å². The van der Waals surface area contributed by atoms with Crippen molar-refractivity contribution in [3.8, 4) is 0 Å². The normalized spacial score (nSPS) is 13.4. The van der Waals surface area contributed by atoms with Crippen LogP contribution in [-0.4, -0.2) is 55.5 Å². The van der Waals surface area contributed by atoms with Crippen molar-refractivity contribution < 1.29 is 40.7 Å². The first-order valence-corrected chi connectivity index (χ1v) is 10.8. The number of esters is 1. The van der Waals surface area contributed by atoms with Crippen molar-refractivity contribution >= 4 is 33.7 Å². The number of sulfonamides is 1. The average Bonchev–Trinajstić information content (AvgIpc) is 2.73. The lowest BCUT2D eigenvalue weighted by atomic mass is 10.1. The number of hydrogen-bond donors (Lipinski definition) is 3. The fourth-order valence-corrected chi connectivity index (χ4v) is 3.37. The van der Waals surface area contributed by atoms with Crippen molar-refractivity contribution in [2.24, 2.45) is 0 Å². The Balaban J connectivity index is 2.37. The number of benzene rings is 1. The molecule has 0 aliphatic heterocycles. The van der Waals surface area contributed by atoms with E-state index in [4.69, 9.17) is 0 Å². The maximum Gasteiger partial charge on any atom is 0.442 e. The summed E-state index contributed by atoms with van der Waals surface area (Å²) < 4.78 is 77.9. The fourth-order valence-electron chi connectivity index (χ4n) is 2.42. The van der Waals surface area contributed by atoms with Crippen molar-refractivity contribution in [3.05, 3.63) is 42.7 Å². The van der Waals surface area contributed by atoms with Gasteiger partial charge in [-0.15, -0.1) is 0 Å². The Morgan fingerprint density at radius 2 is 1.58 bits per heavy atom. The number of ether oxygens (including phenoxy) is 2. The van der Waals surface area contributed by atoms with Gasteiger partial charge < -0.3 is 14.8 Å². The Bertz CT molecular complexity index is 1070. The minimum Gasteiger partial charge on any atom is -0.463 e. The summed E-state index contributed by atoms with van der Waals surface area (Å²) in [5, 5.41) is 3.35. The van der Waals surface area contributed by atoms with E-state index in [-0.39, 0.29) is 23.1 Å². The number of carbonyl (C=O) groups is 2. The van der Waals surface area contributed by atoms with Gasteiger partial charge in [-0.1, -0.05) is 0 Å². The predicted octanol–water partition coefficient (Wildman–Crippen LogP) is 2.26. The molecule has 3 N–H and O–H groups in total. The number of carbonyl (C=O) groups excluding carboxylic acids is 2. The molecular formula is C18H20F3N5O6S. The Labute approximate surface area is 186 Å². The van der Waals surface area contributed by atoms with Crippen molar-refractivity contribution in [2.75, 3.05) is 23.3 Å². The summed E-state index contributed by atoms with van der Waals surface area (Å²) in [7, 11) is -4.16. The molecule has 11 nitrogen and oxygen atoms in total. The molecule has 2 rings (SSSR count). The van der Waals surface area contributed by atoms with Gasteiger partial charge in [-0.2, -0.15) is 13.2 Å². The molecule has 0 saturated carbocycles. The zero-order chi connectivity index (χ0) is 24.7. The van der Waals surface area contributed by atoms with Crippen LogP contribution >= 0.6 is 0 Å². The highest BCUT2D eigenvalue weighted by molar-refractivity contribution is 7.92. The van der Waals surface area contributed by atoms with Gasteiger partial charge in [0.25, 0.3) is 10.0 Å². The summed E-state index contributed by atoms with van der Waals surface area (Å²) in [5.74, 6) is -2.05. The van der Waals surface area contributed by atoms with E-state index in [2.05, 4.69) is 24.2 Å². The topological polar surface area (TPSA) is 149 Å². The molecule has 0 fully saturated rings. The van der Waals surface area contributed by atoms with Crippen molar-refractivity contribution in [2.45, 2.75) is 30.6 Å². The molecule has 1 aromatic carbocycles. The van der Waals surface area contributed by atoms with Crippen molar-refractivity contribution in [3.63, 3.8) is 0 Å². The standard InChI is InChI=1S/C18H20F3N5O6S/c1-3-31-14(27)17(18(19,20)21,25-16(28)32-4-2)24-12-6-8-13(9-7-12)33(29,30)26-15-22-10-5-11-23-15/h5-11,24H,3-4H2,1-2H3,(H,25,28)(H,22,23,26)/t17-/m0/s1. The molecule has 180 valence electrons. The number of anilines is 2. The maximum atomic E-state index is 14.0. The number of rotatable bonds is 9. The van der Waals surface area contributed by atoms with E-state index in [1.807, 2.05) is 5.32 Å². The van der Waals surface area contributed by atoms with Crippen LogP contribution in [0.2, 0.25) is 0 Å². The summed E-state index contributed by atoms with van der Waals surface area (Å²) in [6, 6.07) is 5.35. The molecule has 1 heterocycles. The lowest BCUT2D eigenvalue weighted by Crippen LogP contribution is -2.69. The second-order valence-electron chi connectivity index (χ2n) is 6.14. The Hall–Kier alpha value is -3.62. The van der Waals surface area contributed by atoms with Crippen LogP contribution in [0.1, 0.15) is 13.8 Å². The number of nitrogens with one attached hydrogen (secondary N) is 3. The number of nitrogens with zero attached hydrogens (tertiary/aromatic N) is 2. The summed E-state index contributed by atoms with van der Waals surface area (Å²) in [6.07, 6.45) is -4.29. The molecule has 0 aliphatic carbocycles. The van der Waals surface area contributed by atoms with Gasteiger partial charge in [0, 0.05) is 18.1 Å². The summed E-state index contributed by atoms with van der Waals surface area (Å²) in [5.41, 5.74) is -4.06. The van der Waals surface area contributed by atoms with Gasteiger partial charge in [-0.25, -0.2) is 32.7 Å². The fraction of sp³-hybridized carbons (Fsp3) is 0.333. The first-order chi connectivity index (χ1) is 15.4. The number of halogens is 3. The molecule has 0 aliphatic rings. The van der Waals surface area contributed by atoms with Gasteiger partial charge in [0.05, 0.1) is 18.1 Å². The van der Waals surface area contributed by atoms with Crippen LogP contribution in [0.15, 0.2) is 47.6 Å². The molecule has 2 aromatic rings. The first kappa shape index (κ1) is 25.6. The van der Waals surface area contributed by atoms with E-state index in [9.17, 15) is 31.2 Å². The second kappa shape index (κ2) is 10.3. The average molecular weight is 491 g/mol. The molecule has 0 radical (unpaired) electrons. The van der Waals surface area contributed by atoms with E-state index in [0.29, 0.717) is 0 Å². The van der Waals surface area contributed by atoms with E-state index < -0.39 is 40.5 Å². The number of amides is 1. The van der Waals surface area contributed by atoms with E-state index >= 15 is 0 Å². The summed E-state index contributed by atoms with van der Waals surface area (Å²) in [6.45, 7) is 1.98. The van der Waals surface area contributed by atoms with Crippen LogP contribution in [0.25, 0.3) is 0 Å². The summed E-state index contributed by atoms with van der Waals surface area (Å²) >= 11 is 0. The van der Waals surface area contributed by atoms with Crippen LogP contribution in [-0.2, 0) is 24.3 Å². The van der Waals surface area contributed by atoms with Crippen LogP contribution < -0.4 is 15.4 Å². The highest BCUT2D eigenvalue weighted by Crippen LogP contribution is 2.33. The minimum absolute atomic E-state index is 0.211. The van der Waals surface area contributed by atoms with Crippen LogP contribution in [0.5, 0.6) is 0 Å².